The van der Waals surface area contributed by atoms with Crippen LogP contribution in [0, 0.1) is 41.4 Å². The van der Waals surface area contributed by atoms with E-state index in [0.29, 0.717) is 11.8 Å². The van der Waals surface area contributed by atoms with Gasteiger partial charge in [0.25, 0.3) is 0 Å². The molecule has 0 saturated heterocycles. The smallest absolute Gasteiger partial charge is 0.308 e. The molecule has 0 bridgehead atoms. The van der Waals surface area contributed by atoms with Gasteiger partial charge in [-0.05, 0) is 69.3 Å². The Labute approximate surface area is 182 Å². The molecule has 4 nitrogen and oxygen atoms in total. The van der Waals surface area contributed by atoms with Gasteiger partial charge < -0.3 is 9.84 Å². The van der Waals surface area contributed by atoms with Crippen LogP contribution in [0.15, 0.2) is 23.8 Å². The van der Waals surface area contributed by atoms with Crippen molar-refractivity contribution in [1.29, 1.82) is 0 Å². The minimum absolute atomic E-state index is 0.134. The number of esters is 1. The average molecular weight is 415 g/mol. The van der Waals surface area contributed by atoms with Gasteiger partial charge in [-0.25, -0.2) is 0 Å². The summed E-state index contributed by atoms with van der Waals surface area (Å²) in [7, 11) is 0. The van der Waals surface area contributed by atoms with Crippen LogP contribution in [0.5, 0.6) is 0 Å². The van der Waals surface area contributed by atoms with Crippen LogP contribution in [-0.2, 0) is 14.3 Å². The molecular weight excluding hydrogens is 376 g/mol. The zero-order valence-corrected chi connectivity index (χ0v) is 19.0. The highest BCUT2D eigenvalue weighted by molar-refractivity contribution is 5.71. The van der Waals surface area contributed by atoms with Gasteiger partial charge in [-0.2, -0.15) is 0 Å². The van der Waals surface area contributed by atoms with E-state index < -0.39 is 5.97 Å². The normalized spacial score (nSPS) is 26.4. The van der Waals surface area contributed by atoms with E-state index in [1.165, 1.54) is 18.4 Å². The first-order valence-corrected chi connectivity index (χ1v) is 11.5. The summed E-state index contributed by atoms with van der Waals surface area (Å²) >= 11 is 0. The molecule has 30 heavy (non-hydrogen) atoms. The standard InChI is InChI=1S/C26H38O4/c1-5-6-9-19(4)24(30-26(29)18(2)3)15-14-21-12-13-22-16-20(17-23(21)22)10-7-8-11-25(27)28/h10,14-15,18-19,21-24H,7-9,11-13,16-17H2,1-4H3,(H,27,28)/b15-14+,20-10+/t19?,21-,22-,23-,24-/m1/s1. The minimum atomic E-state index is -0.714. The van der Waals surface area contributed by atoms with Crippen molar-refractivity contribution < 1.29 is 19.4 Å². The Morgan fingerprint density at radius 1 is 1.23 bits per heavy atom. The molecule has 2 fully saturated rings. The number of carbonyl (C=O) groups excluding carboxylic acids is 1. The van der Waals surface area contributed by atoms with Gasteiger partial charge >= 0.3 is 11.9 Å². The van der Waals surface area contributed by atoms with Crippen molar-refractivity contribution in [2.24, 2.45) is 29.6 Å². The van der Waals surface area contributed by atoms with Crippen molar-refractivity contribution in [2.75, 3.05) is 0 Å². The highest BCUT2D eigenvalue weighted by Gasteiger charge is 2.39. The molecule has 2 rings (SSSR count). The molecule has 0 aromatic rings. The van der Waals surface area contributed by atoms with E-state index in [2.05, 4.69) is 37.0 Å². The first-order valence-electron chi connectivity index (χ1n) is 11.5. The molecule has 2 aliphatic rings. The Morgan fingerprint density at radius 2 is 2.00 bits per heavy atom. The Balaban J connectivity index is 1.97. The van der Waals surface area contributed by atoms with Crippen molar-refractivity contribution in [3.8, 4) is 11.8 Å². The lowest BCUT2D eigenvalue weighted by Gasteiger charge is -2.22. The lowest BCUT2D eigenvalue weighted by Crippen LogP contribution is -2.26. The van der Waals surface area contributed by atoms with Gasteiger partial charge in [-0.3, -0.25) is 9.59 Å². The Morgan fingerprint density at radius 3 is 2.67 bits per heavy atom. The Hall–Kier alpha value is -2.02. The summed E-state index contributed by atoms with van der Waals surface area (Å²) in [5.74, 6) is 7.15. The molecule has 2 saturated carbocycles. The minimum Gasteiger partial charge on any atom is -0.481 e. The number of fused-ring (bicyclic) bond motifs is 1. The Bertz CT molecular complexity index is 706. The van der Waals surface area contributed by atoms with E-state index in [4.69, 9.17) is 9.84 Å². The summed E-state index contributed by atoms with van der Waals surface area (Å²) in [5.41, 5.74) is 1.50. The molecule has 4 heteroatoms. The predicted molar refractivity (Wildman–Crippen MR) is 120 cm³/mol. The van der Waals surface area contributed by atoms with E-state index in [9.17, 15) is 9.59 Å². The monoisotopic (exact) mass is 414 g/mol. The van der Waals surface area contributed by atoms with Crippen LogP contribution in [0.3, 0.4) is 0 Å². The van der Waals surface area contributed by atoms with Gasteiger partial charge in [0.15, 0.2) is 0 Å². The third-order valence-corrected chi connectivity index (χ3v) is 6.51. The lowest BCUT2D eigenvalue weighted by molar-refractivity contribution is -0.152. The van der Waals surface area contributed by atoms with E-state index in [1.54, 1.807) is 0 Å². The summed E-state index contributed by atoms with van der Waals surface area (Å²) in [6.07, 6.45) is 13.8. The molecule has 0 aliphatic heterocycles. The molecule has 0 radical (unpaired) electrons. The molecule has 1 N–H and O–H groups in total. The molecule has 0 amide bonds. The lowest BCUT2D eigenvalue weighted by atomic mass is 9.90. The second kappa shape index (κ2) is 12.0. The van der Waals surface area contributed by atoms with Gasteiger partial charge in [-0.1, -0.05) is 38.5 Å². The van der Waals surface area contributed by atoms with Crippen LogP contribution in [0.4, 0.5) is 0 Å². The highest BCUT2D eigenvalue weighted by Crippen LogP contribution is 2.50. The van der Waals surface area contributed by atoms with Gasteiger partial charge in [-0.15, -0.1) is 11.8 Å². The number of ether oxygens (including phenoxy) is 1. The third kappa shape index (κ3) is 7.35. The molecule has 0 spiro atoms. The van der Waals surface area contributed by atoms with Gasteiger partial charge in [0.2, 0.25) is 0 Å². The maximum absolute atomic E-state index is 12.2. The second-order valence-corrected chi connectivity index (χ2v) is 9.27. The van der Waals surface area contributed by atoms with Crippen LogP contribution in [-0.4, -0.2) is 23.1 Å². The fourth-order valence-electron chi connectivity index (χ4n) is 4.69. The Kier molecular flexibility index (Phi) is 9.69. The van der Waals surface area contributed by atoms with Gasteiger partial charge in [0.05, 0.1) is 5.92 Å². The maximum Gasteiger partial charge on any atom is 0.308 e. The van der Waals surface area contributed by atoms with E-state index >= 15 is 0 Å². The number of hydrogen-bond donors (Lipinski definition) is 1. The number of allylic oxidation sites excluding steroid dienone is 3. The van der Waals surface area contributed by atoms with Crippen molar-refractivity contribution in [3.63, 3.8) is 0 Å². The second-order valence-electron chi connectivity index (χ2n) is 9.27. The topological polar surface area (TPSA) is 63.6 Å². The number of carboxylic acid groups (broad SMARTS) is 1. The maximum atomic E-state index is 12.2. The fraction of sp³-hybridized carbons (Fsp3) is 0.692. The van der Waals surface area contributed by atoms with E-state index in [0.717, 1.165) is 38.0 Å². The number of rotatable bonds is 10. The summed E-state index contributed by atoms with van der Waals surface area (Å²) in [6.45, 7) is 7.66. The number of unbranched alkanes of at least 4 members (excludes halogenated alkanes) is 1. The summed E-state index contributed by atoms with van der Waals surface area (Å²) in [4.78, 5) is 22.9. The number of hydrogen-bond acceptors (Lipinski definition) is 3. The SMILES string of the molecule is CC#CCC(C)[C@@H](/C=C/[C@H]1CC[C@@H]2C/C(=C\CCCC(=O)O)C[C@@H]21)OC(=O)C(C)C. The van der Waals surface area contributed by atoms with Crippen LogP contribution >= 0.6 is 0 Å². The molecule has 0 heterocycles. The van der Waals surface area contributed by atoms with Crippen molar-refractivity contribution >= 4 is 11.9 Å². The molecule has 1 unspecified atom stereocenters. The van der Waals surface area contributed by atoms with Gasteiger partial charge in [0.1, 0.15) is 6.10 Å². The average Bonchev–Trinajstić information content (AvgIpc) is 3.26. The van der Waals surface area contributed by atoms with Crippen LogP contribution < -0.4 is 0 Å². The molecule has 5 atom stereocenters. The predicted octanol–water partition coefficient (Wildman–Crippen LogP) is 5.78. The van der Waals surface area contributed by atoms with Crippen molar-refractivity contribution in [3.05, 3.63) is 23.8 Å². The zero-order chi connectivity index (χ0) is 22.1. The highest BCUT2D eigenvalue weighted by atomic mass is 16.5. The zero-order valence-electron chi connectivity index (χ0n) is 19.0. The van der Waals surface area contributed by atoms with Crippen molar-refractivity contribution in [1.82, 2.24) is 0 Å². The van der Waals surface area contributed by atoms with Crippen LogP contribution in [0.2, 0.25) is 0 Å². The molecule has 0 aromatic heterocycles. The van der Waals surface area contributed by atoms with Gasteiger partial charge in [0, 0.05) is 18.8 Å². The van der Waals surface area contributed by atoms with Crippen molar-refractivity contribution in [2.45, 2.75) is 85.2 Å². The third-order valence-electron chi connectivity index (χ3n) is 6.51. The quantitative estimate of drug-likeness (QED) is 0.213. The van der Waals surface area contributed by atoms with Crippen LogP contribution in [0.25, 0.3) is 0 Å². The molecule has 2 aliphatic carbocycles. The number of carbonyl (C=O) groups is 2. The summed E-state index contributed by atoms with van der Waals surface area (Å²) < 4.78 is 5.79. The number of aliphatic carboxylic acids is 1. The first kappa shape index (κ1) is 24.3. The molecule has 166 valence electrons. The van der Waals surface area contributed by atoms with E-state index in [1.807, 2.05) is 20.8 Å². The summed E-state index contributed by atoms with van der Waals surface area (Å²) in [6, 6.07) is 0. The largest absolute Gasteiger partial charge is 0.481 e. The summed E-state index contributed by atoms with van der Waals surface area (Å²) in [5, 5.41) is 8.78. The fourth-order valence-corrected chi connectivity index (χ4v) is 4.69. The first-order chi connectivity index (χ1) is 14.3. The number of carboxylic acids is 1. The van der Waals surface area contributed by atoms with Crippen LogP contribution in [0.1, 0.15) is 79.1 Å². The molecular formula is C26H38O4. The molecule has 0 aromatic carbocycles. The van der Waals surface area contributed by atoms with E-state index in [-0.39, 0.29) is 30.3 Å².